The number of ether oxygens (including phenoxy) is 1. The minimum Gasteiger partial charge on any atom is -0.380 e. The smallest absolute Gasteiger partial charge is 0.0622 e. The van der Waals surface area contributed by atoms with Crippen molar-refractivity contribution in [2.24, 2.45) is 17.8 Å². The molecule has 5 unspecified atom stereocenters. The summed E-state index contributed by atoms with van der Waals surface area (Å²) >= 11 is 0. The molecule has 0 aromatic rings. The van der Waals surface area contributed by atoms with Crippen molar-refractivity contribution >= 4 is 0 Å². The van der Waals surface area contributed by atoms with Crippen LogP contribution >= 0.6 is 0 Å². The predicted octanol–water partition coefficient (Wildman–Crippen LogP) is 2.76. The van der Waals surface area contributed by atoms with E-state index in [1.165, 1.54) is 32.2 Å². The highest BCUT2D eigenvalue weighted by Gasteiger charge is 2.35. The summed E-state index contributed by atoms with van der Waals surface area (Å²) in [7, 11) is 2.29. The van der Waals surface area contributed by atoms with Crippen LogP contribution in [0.15, 0.2) is 0 Å². The van der Waals surface area contributed by atoms with Gasteiger partial charge in [0.15, 0.2) is 0 Å². The van der Waals surface area contributed by atoms with Crippen LogP contribution in [0.3, 0.4) is 0 Å². The average molecular weight is 282 g/mol. The molecule has 20 heavy (non-hydrogen) atoms. The van der Waals surface area contributed by atoms with Gasteiger partial charge < -0.3 is 15.0 Å². The highest BCUT2D eigenvalue weighted by atomic mass is 16.5. The quantitative estimate of drug-likeness (QED) is 0.811. The van der Waals surface area contributed by atoms with E-state index < -0.39 is 0 Å². The SMILES string of the molecule is CCCNC1CC(C)CC(C)C1CN(C)C1CCOC1. The molecule has 1 N–H and O–H groups in total. The maximum atomic E-state index is 5.55. The lowest BCUT2D eigenvalue weighted by Gasteiger charge is -2.42. The topological polar surface area (TPSA) is 24.5 Å². The van der Waals surface area contributed by atoms with E-state index >= 15 is 0 Å². The summed E-state index contributed by atoms with van der Waals surface area (Å²) in [6.45, 7) is 11.4. The van der Waals surface area contributed by atoms with Crippen molar-refractivity contribution in [2.75, 3.05) is 33.4 Å². The zero-order valence-corrected chi connectivity index (χ0v) is 13.9. The van der Waals surface area contributed by atoms with Gasteiger partial charge in [-0.15, -0.1) is 0 Å². The number of nitrogens with one attached hydrogen (secondary N) is 1. The Kier molecular flexibility index (Phi) is 6.31. The minimum atomic E-state index is 0.647. The molecule has 1 aliphatic heterocycles. The van der Waals surface area contributed by atoms with E-state index in [0.29, 0.717) is 12.1 Å². The fourth-order valence-corrected chi connectivity index (χ4v) is 4.13. The Morgan fingerprint density at radius 1 is 1.25 bits per heavy atom. The lowest BCUT2D eigenvalue weighted by molar-refractivity contribution is 0.0872. The first-order valence-electron chi connectivity index (χ1n) is 8.63. The molecular formula is C17H34N2O. The van der Waals surface area contributed by atoms with Crippen LogP contribution in [0.4, 0.5) is 0 Å². The van der Waals surface area contributed by atoms with Gasteiger partial charge in [0.1, 0.15) is 0 Å². The second-order valence-electron chi connectivity index (χ2n) is 7.24. The Bertz CT molecular complexity index is 278. The Morgan fingerprint density at radius 2 is 2.05 bits per heavy atom. The second kappa shape index (κ2) is 7.77. The second-order valence-corrected chi connectivity index (χ2v) is 7.24. The largest absolute Gasteiger partial charge is 0.380 e. The summed E-state index contributed by atoms with van der Waals surface area (Å²) in [6, 6.07) is 1.35. The highest BCUT2D eigenvalue weighted by molar-refractivity contribution is 4.90. The monoisotopic (exact) mass is 282 g/mol. The summed E-state index contributed by atoms with van der Waals surface area (Å²) in [5.74, 6) is 2.50. The van der Waals surface area contributed by atoms with Gasteiger partial charge in [0.05, 0.1) is 6.61 Å². The predicted molar refractivity (Wildman–Crippen MR) is 85.0 cm³/mol. The van der Waals surface area contributed by atoms with Gasteiger partial charge in [0.25, 0.3) is 0 Å². The molecule has 3 nitrogen and oxygen atoms in total. The van der Waals surface area contributed by atoms with Gasteiger partial charge in [-0.2, -0.15) is 0 Å². The Labute approximate surface area is 125 Å². The average Bonchev–Trinajstić information content (AvgIpc) is 2.93. The molecule has 1 saturated carbocycles. The fraction of sp³-hybridized carbons (Fsp3) is 1.00. The van der Waals surface area contributed by atoms with Crippen molar-refractivity contribution in [3.63, 3.8) is 0 Å². The summed E-state index contributed by atoms with van der Waals surface area (Å²) in [5, 5.41) is 3.82. The zero-order valence-electron chi connectivity index (χ0n) is 13.9. The van der Waals surface area contributed by atoms with Gasteiger partial charge in [0, 0.05) is 25.2 Å². The molecule has 2 fully saturated rings. The molecule has 0 aromatic heterocycles. The maximum Gasteiger partial charge on any atom is 0.0622 e. The molecule has 3 heteroatoms. The number of nitrogens with zero attached hydrogens (tertiary/aromatic N) is 1. The highest BCUT2D eigenvalue weighted by Crippen LogP contribution is 2.34. The normalized spacial score (nSPS) is 38.5. The van der Waals surface area contributed by atoms with Gasteiger partial charge in [0.2, 0.25) is 0 Å². The zero-order chi connectivity index (χ0) is 14.5. The summed E-state index contributed by atoms with van der Waals surface area (Å²) < 4.78 is 5.55. The van der Waals surface area contributed by atoms with Gasteiger partial charge in [-0.1, -0.05) is 20.8 Å². The lowest BCUT2D eigenvalue weighted by Crippen LogP contribution is -2.50. The van der Waals surface area contributed by atoms with Crippen LogP contribution in [-0.2, 0) is 4.74 Å². The van der Waals surface area contributed by atoms with Crippen molar-refractivity contribution in [2.45, 2.75) is 58.5 Å². The molecular weight excluding hydrogens is 248 g/mol. The third-order valence-electron chi connectivity index (χ3n) is 5.36. The molecule has 0 amide bonds. The molecule has 1 aliphatic carbocycles. The third-order valence-corrected chi connectivity index (χ3v) is 5.36. The van der Waals surface area contributed by atoms with E-state index in [-0.39, 0.29) is 0 Å². The molecule has 0 bridgehead atoms. The van der Waals surface area contributed by atoms with Crippen molar-refractivity contribution in [3.05, 3.63) is 0 Å². The van der Waals surface area contributed by atoms with E-state index in [1.54, 1.807) is 0 Å². The van der Waals surface area contributed by atoms with Gasteiger partial charge in [-0.25, -0.2) is 0 Å². The van der Waals surface area contributed by atoms with Crippen molar-refractivity contribution < 1.29 is 4.74 Å². The van der Waals surface area contributed by atoms with E-state index in [9.17, 15) is 0 Å². The molecule has 5 atom stereocenters. The summed E-state index contributed by atoms with van der Waals surface area (Å²) in [6.07, 6.45) is 5.19. The minimum absolute atomic E-state index is 0.647. The van der Waals surface area contributed by atoms with Crippen molar-refractivity contribution in [3.8, 4) is 0 Å². The van der Waals surface area contributed by atoms with Gasteiger partial charge in [-0.3, -0.25) is 0 Å². The Hall–Kier alpha value is -0.120. The summed E-state index contributed by atoms with van der Waals surface area (Å²) in [4.78, 5) is 2.56. The van der Waals surface area contributed by atoms with Crippen LogP contribution in [0.1, 0.15) is 46.5 Å². The van der Waals surface area contributed by atoms with Crippen molar-refractivity contribution in [1.82, 2.24) is 10.2 Å². The van der Waals surface area contributed by atoms with Crippen LogP contribution < -0.4 is 5.32 Å². The number of rotatable bonds is 6. The van der Waals surface area contributed by atoms with Crippen LogP contribution in [-0.4, -0.2) is 50.3 Å². The fourth-order valence-electron chi connectivity index (χ4n) is 4.13. The molecule has 1 heterocycles. The summed E-state index contributed by atoms with van der Waals surface area (Å²) in [5.41, 5.74) is 0. The van der Waals surface area contributed by atoms with Crippen LogP contribution in [0.25, 0.3) is 0 Å². The number of hydrogen-bond acceptors (Lipinski definition) is 3. The van der Waals surface area contributed by atoms with Gasteiger partial charge in [-0.05, 0) is 57.0 Å². The first kappa shape index (κ1) is 16.3. The molecule has 0 aromatic carbocycles. The number of hydrogen-bond donors (Lipinski definition) is 1. The van der Waals surface area contributed by atoms with E-state index in [4.69, 9.17) is 4.74 Å². The Balaban J connectivity index is 1.93. The maximum absolute atomic E-state index is 5.55. The van der Waals surface area contributed by atoms with Crippen LogP contribution in [0.5, 0.6) is 0 Å². The first-order chi connectivity index (χ1) is 9.61. The van der Waals surface area contributed by atoms with E-state index in [0.717, 1.165) is 37.5 Å². The molecule has 2 aliphatic rings. The van der Waals surface area contributed by atoms with Crippen molar-refractivity contribution in [1.29, 1.82) is 0 Å². The van der Waals surface area contributed by atoms with E-state index in [2.05, 4.69) is 38.0 Å². The van der Waals surface area contributed by atoms with E-state index in [1.807, 2.05) is 0 Å². The Morgan fingerprint density at radius 3 is 2.70 bits per heavy atom. The lowest BCUT2D eigenvalue weighted by atomic mass is 9.72. The number of likely N-dealkylation sites (N-methyl/N-ethyl adjacent to an activating group) is 1. The molecule has 2 rings (SSSR count). The molecule has 1 saturated heterocycles. The van der Waals surface area contributed by atoms with Crippen LogP contribution in [0, 0.1) is 17.8 Å². The van der Waals surface area contributed by atoms with Crippen LogP contribution in [0.2, 0.25) is 0 Å². The van der Waals surface area contributed by atoms with Gasteiger partial charge >= 0.3 is 0 Å². The molecule has 0 spiro atoms. The standard InChI is InChI=1S/C17H34N2O/c1-5-7-18-17-10-13(2)9-14(3)16(17)11-19(4)15-6-8-20-12-15/h13-18H,5-12H2,1-4H3. The molecule has 0 radical (unpaired) electrons. The first-order valence-corrected chi connectivity index (χ1v) is 8.63. The third kappa shape index (κ3) is 4.19. The molecule has 118 valence electrons.